The van der Waals surface area contributed by atoms with Gasteiger partial charge in [0.1, 0.15) is 0 Å². The lowest BCUT2D eigenvalue weighted by Crippen LogP contribution is -2.19. The minimum absolute atomic E-state index is 0.102. The van der Waals surface area contributed by atoms with Gasteiger partial charge < -0.3 is 10.4 Å². The summed E-state index contributed by atoms with van der Waals surface area (Å²) >= 11 is 1.56. The topological polar surface area (TPSA) is 79.3 Å². The second-order valence-corrected chi connectivity index (χ2v) is 10.1. The van der Waals surface area contributed by atoms with Crippen molar-refractivity contribution in [3.05, 3.63) is 95.6 Å². The molecule has 0 aliphatic rings. The molecule has 0 saturated heterocycles. The van der Waals surface area contributed by atoms with Gasteiger partial charge in [-0.1, -0.05) is 68.4 Å². The first-order valence-electron chi connectivity index (χ1n) is 11.0. The van der Waals surface area contributed by atoms with Crippen LogP contribution in [-0.2, 0) is 11.2 Å². The first kappa shape index (κ1) is 23.4. The van der Waals surface area contributed by atoms with E-state index in [9.17, 15) is 9.59 Å². The SMILES string of the molecule is CC(C)(CC(=O)O)Cc1ncc(-c2ccc(NC(=O)c3ccc(-c4ccccc4)cc3)cc2)s1. The van der Waals surface area contributed by atoms with Gasteiger partial charge in [0.25, 0.3) is 5.91 Å². The van der Waals surface area contributed by atoms with E-state index >= 15 is 0 Å². The fourth-order valence-electron chi connectivity index (χ4n) is 3.77. The van der Waals surface area contributed by atoms with Crippen LogP contribution < -0.4 is 5.32 Å². The van der Waals surface area contributed by atoms with E-state index in [1.54, 1.807) is 11.3 Å². The third-order valence-electron chi connectivity index (χ3n) is 5.49. The van der Waals surface area contributed by atoms with Gasteiger partial charge in [-0.2, -0.15) is 0 Å². The van der Waals surface area contributed by atoms with Gasteiger partial charge in [-0.25, -0.2) is 4.98 Å². The number of carbonyl (C=O) groups excluding carboxylic acids is 1. The van der Waals surface area contributed by atoms with Gasteiger partial charge in [0, 0.05) is 23.9 Å². The molecule has 1 amide bonds. The molecule has 0 fully saturated rings. The van der Waals surface area contributed by atoms with Crippen molar-refractivity contribution in [2.45, 2.75) is 26.7 Å². The number of carboxylic acid groups (broad SMARTS) is 1. The number of nitrogens with one attached hydrogen (secondary N) is 1. The highest BCUT2D eigenvalue weighted by atomic mass is 32.1. The Morgan fingerprint density at radius 1 is 0.882 bits per heavy atom. The summed E-state index contributed by atoms with van der Waals surface area (Å²) in [5.41, 5.74) is 4.14. The maximum absolute atomic E-state index is 12.7. The lowest BCUT2D eigenvalue weighted by Gasteiger charge is -2.20. The van der Waals surface area contributed by atoms with Crippen molar-refractivity contribution in [3.63, 3.8) is 0 Å². The maximum Gasteiger partial charge on any atom is 0.303 e. The minimum Gasteiger partial charge on any atom is -0.481 e. The van der Waals surface area contributed by atoms with Crippen LogP contribution in [0.5, 0.6) is 0 Å². The lowest BCUT2D eigenvalue weighted by atomic mass is 9.86. The first-order chi connectivity index (χ1) is 16.3. The number of hydrogen-bond donors (Lipinski definition) is 2. The van der Waals surface area contributed by atoms with Crippen LogP contribution in [0.15, 0.2) is 85.1 Å². The van der Waals surface area contributed by atoms with Crippen molar-refractivity contribution in [1.29, 1.82) is 0 Å². The third kappa shape index (κ3) is 5.97. The normalized spacial score (nSPS) is 11.2. The van der Waals surface area contributed by atoms with E-state index in [4.69, 9.17) is 5.11 Å². The molecule has 6 heteroatoms. The largest absolute Gasteiger partial charge is 0.481 e. The van der Waals surface area contributed by atoms with Crippen molar-refractivity contribution in [2.24, 2.45) is 5.41 Å². The molecule has 0 bridgehead atoms. The predicted molar refractivity (Wildman–Crippen MR) is 137 cm³/mol. The van der Waals surface area contributed by atoms with E-state index < -0.39 is 5.97 Å². The summed E-state index contributed by atoms with van der Waals surface area (Å²) in [6.07, 6.45) is 2.53. The summed E-state index contributed by atoms with van der Waals surface area (Å²) in [7, 11) is 0. The zero-order valence-corrected chi connectivity index (χ0v) is 19.9. The van der Waals surface area contributed by atoms with E-state index in [1.165, 1.54) is 0 Å². The van der Waals surface area contributed by atoms with Crippen LogP contribution >= 0.6 is 11.3 Å². The van der Waals surface area contributed by atoms with Crippen molar-refractivity contribution >= 4 is 28.9 Å². The molecule has 0 spiro atoms. The summed E-state index contributed by atoms with van der Waals surface area (Å²) in [6, 6.07) is 25.3. The van der Waals surface area contributed by atoms with Crippen molar-refractivity contribution < 1.29 is 14.7 Å². The molecular weight excluding hydrogens is 444 g/mol. The maximum atomic E-state index is 12.7. The Morgan fingerprint density at radius 3 is 2.15 bits per heavy atom. The zero-order valence-electron chi connectivity index (χ0n) is 19.1. The molecule has 5 nitrogen and oxygen atoms in total. The van der Waals surface area contributed by atoms with E-state index in [0.29, 0.717) is 17.7 Å². The molecule has 0 radical (unpaired) electrons. The van der Waals surface area contributed by atoms with Crippen LogP contribution in [0.4, 0.5) is 5.69 Å². The molecule has 0 atom stereocenters. The molecule has 1 aromatic heterocycles. The Morgan fingerprint density at radius 2 is 1.50 bits per heavy atom. The van der Waals surface area contributed by atoms with Crippen molar-refractivity contribution in [1.82, 2.24) is 4.98 Å². The quantitative estimate of drug-likeness (QED) is 0.298. The van der Waals surface area contributed by atoms with Crippen molar-refractivity contribution in [2.75, 3.05) is 5.32 Å². The zero-order chi connectivity index (χ0) is 24.1. The van der Waals surface area contributed by atoms with Crippen LogP contribution in [0.3, 0.4) is 0 Å². The van der Waals surface area contributed by atoms with Gasteiger partial charge in [0.2, 0.25) is 0 Å². The number of thiazole rings is 1. The van der Waals surface area contributed by atoms with Crippen LogP contribution in [0.2, 0.25) is 0 Å². The fraction of sp³-hybridized carbons (Fsp3) is 0.179. The summed E-state index contributed by atoms with van der Waals surface area (Å²) < 4.78 is 0. The summed E-state index contributed by atoms with van der Waals surface area (Å²) in [6.45, 7) is 3.88. The van der Waals surface area contributed by atoms with Crippen LogP contribution in [0.25, 0.3) is 21.6 Å². The summed E-state index contributed by atoms with van der Waals surface area (Å²) in [5, 5.41) is 12.9. The lowest BCUT2D eigenvalue weighted by molar-refractivity contribution is -0.139. The monoisotopic (exact) mass is 470 g/mol. The fourth-order valence-corrected chi connectivity index (χ4v) is 4.95. The first-order valence-corrected chi connectivity index (χ1v) is 11.8. The Balaban J connectivity index is 1.39. The van der Waals surface area contributed by atoms with E-state index in [1.807, 2.05) is 98.9 Å². The van der Waals surface area contributed by atoms with Gasteiger partial charge in [0.05, 0.1) is 16.3 Å². The standard InChI is InChI=1S/C28H26N2O3S/c1-28(2,17-26(31)32)16-25-29-18-24(34-25)21-12-14-23(15-13-21)30-27(33)22-10-8-20(9-11-22)19-6-4-3-5-7-19/h3-15,18H,16-17H2,1-2H3,(H,30,33)(H,31,32). The minimum atomic E-state index is -0.799. The highest BCUT2D eigenvalue weighted by Gasteiger charge is 2.24. The van der Waals surface area contributed by atoms with E-state index in [-0.39, 0.29) is 17.7 Å². The average molecular weight is 471 g/mol. The number of nitrogens with zero attached hydrogens (tertiary/aromatic N) is 1. The second-order valence-electron chi connectivity index (χ2n) is 9.00. The Labute approximate surface area is 203 Å². The van der Waals surface area contributed by atoms with Crippen molar-refractivity contribution in [3.8, 4) is 21.6 Å². The number of carboxylic acids is 1. The van der Waals surface area contributed by atoms with E-state index in [0.717, 1.165) is 26.6 Å². The molecule has 2 N–H and O–H groups in total. The number of anilines is 1. The molecule has 34 heavy (non-hydrogen) atoms. The Kier molecular flexibility index (Phi) is 6.89. The molecule has 4 aromatic rings. The molecule has 3 aromatic carbocycles. The number of hydrogen-bond acceptors (Lipinski definition) is 4. The van der Waals surface area contributed by atoms with E-state index in [2.05, 4.69) is 10.3 Å². The number of rotatable bonds is 8. The number of carbonyl (C=O) groups is 2. The highest BCUT2D eigenvalue weighted by molar-refractivity contribution is 7.15. The molecule has 0 unspecified atom stereocenters. The van der Waals surface area contributed by atoms with Gasteiger partial charge in [-0.05, 0) is 46.4 Å². The van der Waals surface area contributed by atoms with Crippen LogP contribution in [0, 0.1) is 5.41 Å². The summed E-state index contributed by atoms with van der Waals surface area (Å²) in [5.74, 6) is -0.959. The predicted octanol–water partition coefficient (Wildman–Crippen LogP) is 6.77. The smallest absolute Gasteiger partial charge is 0.303 e. The van der Waals surface area contributed by atoms with Gasteiger partial charge in [-0.3, -0.25) is 9.59 Å². The van der Waals surface area contributed by atoms with Gasteiger partial charge >= 0.3 is 5.97 Å². The molecule has 172 valence electrons. The molecule has 0 aliphatic heterocycles. The molecule has 1 heterocycles. The number of benzene rings is 3. The Bertz CT molecular complexity index is 1280. The van der Waals surface area contributed by atoms with Crippen LogP contribution in [-0.4, -0.2) is 22.0 Å². The van der Waals surface area contributed by atoms with Gasteiger partial charge in [0.15, 0.2) is 0 Å². The molecule has 0 saturated carbocycles. The molecule has 4 rings (SSSR count). The third-order valence-corrected chi connectivity index (χ3v) is 6.54. The van der Waals surface area contributed by atoms with Crippen LogP contribution in [0.1, 0.15) is 35.6 Å². The number of amides is 1. The molecule has 0 aliphatic carbocycles. The Hall–Kier alpha value is -3.77. The molecular formula is C28H26N2O3S. The highest BCUT2D eigenvalue weighted by Crippen LogP contribution is 2.32. The second kappa shape index (κ2) is 10.0. The summed E-state index contributed by atoms with van der Waals surface area (Å²) in [4.78, 5) is 29.2. The van der Waals surface area contributed by atoms with Gasteiger partial charge in [-0.15, -0.1) is 11.3 Å². The number of aromatic nitrogens is 1. The average Bonchev–Trinajstić information content (AvgIpc) is 3.27. The number of aliphatic carboxylic acids is 1.